The van der Waals surface area contributed by atoms with Gasteiger partial charge in [-0.15, -0.1) is 0 Å². The molecule has 1 aliphatic heterocycles. The molecule has 15 heavy (non-hydrogen) atoms. The number of β-amino-alcohol motifs (C(OH)–C–C–N with tert-alkyl or cyclic N) is 2. The van der Waals surface area contributed by atoms with E-state index in [9.17, 15) is 15.0 Å². The summed E-state index contributed by atoms with van der Waals surface area (Å²) in [5.74, 6) is 0. The average molecular weight is 214 g/mol. The van der Waals surface area contributed by atoms with E-state index in [1.54, 1.807) is 0 Å². The Morgan fingerprint density at radius 1 is 1.13 bits per heavy atom. The van der Waals surface area contributed by atoms with Crippen molar-refractivity contribution in [2.75, 3.05) is 13.1 Å². The lowest BCUT2D eigenvalue weighted by Crippen LogP contribution is -2.43. The Morgan fingerprint density at radius 3 is 2.20 bits per heavy atom. The lowest BCUT2D eigenvalue weighted by molar-refractivity contribution is 0.0572. The molecule has 3 N–H and O–H groups in total. The van der Waals surface area contributed by atoms with Crippen LogP contribution in [-0.4, -0.2) is 52.5 Å². The van der Waals surface area contributed by atoms with E-state index in [1.807, 2.05) is 0 Å². The van der Waals surface area contributed by atoms with Crippen LogP contribution in [0.3, 0.4) is 0 Å². The molecule has 2 rings (SSSR count). The summed E-state index contributed by atoms with van der Waals surface area (Å²) in [5.41, 5.74) is 0. The van der Waals surface area contributed by atoms with Gasteiger partial charge >= 0.3 is 6.03 Å². The van der Waals surface area contributed by atoms with Crippen LogP contribution in [0.2, 0.25) is 0 Å². The predicted molar refractivity (Wildman–Crippen MR) is 54.4 cm³/mol. The first-order chi connectivity index (χ1) is 7.16. The standard InChI is InChI=1S/C10H18N2O3/c13-8-5-12(6-9(8)14)10(15)11-7-3-1-2-4-7/h7-9,13-14H,1-6H2,(H,11,15). The van der Waals surface area contributed by atoms with Gasteiger partial charge in [-0.25, -0.2) is 4.79 Å². The largest absolute Gasteiger partial charge is 0.388 e. The molecule has 0 aromatic carbocycles. The van der Waals surface area contributed by atoms with E-state index in [0.717, 1.165) is 12.8 Å². The van der Waals surface area contributed by atoms with Crippen LogP contribution in [0.5, 0.6) is 0 Å². The first kappa shape index (κ1) is 10.7. The summed E-state index contributed by atoms with van der Waals surface area (Å²) in [6, 6.07) is 0.130. The molecule has 86 valence electrons. The number of amides is 2. The summed E-state index contributed by atoms with van der Waals surface area (Å²) >= 11 is 0. The van der Waals surface area contributed by atoms with Crippen molar-refractivity contribution in [1.82, 2.24) is 10.2 Å². The van der Waals surface area contributed by atoms with E-state index in [0.29, 0.717) is 0 Å². The molecule has 2 aliphatic rings. The van der Waals surface area contributed by atoms with E-state index in [4.69, 9.17) is 0 Å². The van der Waals surface area contributed by atoms with Crippen molar-refractivity contribution in [3.05, 3.63) is 0 Å². The number of aliphatic hydroxyl groups is 2. The van der Waals surface area contributed by atoms with Crippen LogP contribution in [-0.2, 0) is 0 Å². The fourth-order valence-corrected chi connectivity index (χ4v) is 2.27. The summed E-state index contributed by atoms with van der Waals surface area (Å²) in [7, 11) is 0. The van der Waals surface area contributed by atoms with Gasteiger partial charge in [0, 0.05) is 6.04 Å². The molecule has 1 saturated carbocycles. The molecule has 0 bridgehead atoms. The van der Waals surface area contributed by atoms with E-state index in [1.165, 1.54) is 17.7 Å². The van der Waals surface area contributed by atoms with Gasteiger partial charge in [0.2, 0.25) is 0 Å². The number of hydrogen-bond donors (Lipinski definition) is 3. The molecule has 0 spiro atoms. The monoisotopic (exact) mass is 214 g/mol. The molecule has 5 heteroatoms. The van der Waals surface area contributed by atoms with Gasteiger partial charge in [-0.2, -0.15) is 0 Å². The van der Waals surface area contributed by atoms with Gasteiger partial charge in [0.25, 0.3) is 0 Å². The van der Waals surface area contributed by atoms with Crippen molar-refractivity contribution in [3.8, 4) is 0 Å². The van der Waals surface area contributed by atoms with Crippen molar-refractivity contribution in [1.29, 1.82) is 0 Å². The zero-order chi connectivity index (χ0) is 10.8. The lowest BCUT2D eigenvalue weighted by Gasteiger charge is -2.19. The van der Waals surface area contributed by atoms with Gasteiger partial charge in [-0.1, -0.05) is 12.8 Å². The Balaban J connectivity index is 1.81. The number of nitrogens with one attached hydrogen (secondary N) is 1. The van der Waals surface area contributed by atoms with Gasteiger partial charge in [-0.3, -0.25) is 0 Å². The van der Waals surface area contributed by atoms with Crippen molar-refractivity contribution in [2.45, 2.75) is 43.9 Å². The molecule has 2 amide bonds. The molecular formula is C10H18N2O3. The van der Waals surface area contributed by atoms with Crippen molar-refractivity contribution < 1.29 is 15.0 Å². The number of nitrogens with zero attached hydrogens (tertiary/aromatic N) is 1. The number of carbonyl (C=O) groups excluding carboxylic acids is 1. The molecule has 2 unspecified atom stereocenters. The second-order valence-electron chi connectivity index (χ2n) is 4.47. The third kappa shape index (κ3) is 2.41. The van der Waals surface area contributed by atoms with Crippen molar-refractivity contribution >= 4 is 6.03 Å². The first-order valence-corrected chi connectivity index (χ1v) is 5.58. The van der Waals surface area contributed by atoms with Crippen molar-refractivity contribution in [2.24, 2.45) is 0 Å². The van der Waals surface area contributed by atoms with Crippen LogP contribution in [0.15, 0.2) is 0 Å². The minimum Gasteiger partial charge on any atom is -0.388 e. The number of hydrogen-bond acceptors (Lipinski definition) is 3. The maximum absolute atomic E-state index is 11.7. The Hall–Kier alpha value is -0.810. The SMILES string of the molecule is O=C(NC1CCCC1)N1CC(O)C(O)C1. The Bertz CT molecular complexity index is 231. The molecule has 2 fully saturated rings. The molecule has 0 radical (unpaired) electrons. The van der Waals surface area contributed by atoms with Gasteiger partial charge in [0.05, 0.1) is 25.3 Å². The highest BCUT2D eigenvalue weighted by molar-refractivity contribution is 5.75. The third-order valence-corrected chi connectivity index (χ3v) is 3.23. The number of aliphatic hydroxyl groups excluding tert-OH is 2. The zero-order valence-electron chi connectivity index (χ0n) is 8.72. The fourth-order valence-electron chi connectivity index (χ4n) is 2.27. The normalized spacial score (nSPS) is 32.3. The topological polar surface area (TPSA) is 72.8 Å². The molecule has 0 aromatic rings. The second kappa shape index (κ2) is 4.37. The maximum Gasteiger partial charge on any atom is 0.317 e. The fraction of sp³-hybridized carbons (Fsp3) is 0.900. The summed E-state index contributed by atoms with van der Waals surface area (Å²) in [4.78, 5) is 13.2. The zero-order valence-corrected chi connectivity index (χ0v) is 8.72. The minimum absolute atomic E-state index is 0.155. The van der Waals surface area contributed by atoms with Gasteiger partial charge in [0.1, 0.15) is 0 Å². The molecule has 1 saturated heterocycles. The number of likely N-dealkylation sites (tertiary alicyclic amines) is 1. The second-order valence-corrected chi connectivity index (χ2v) is 4.47. The molecule has 5 nitrogen and oxygen atoms in total. The number of urea groups is 1. The summed E-state index contributed by atoms with van der Waals surface area (Å²) in [5, 5.41) is 21.5. The quantitative estimate of drug-likeness (QED) is 0.560. The molecule has 0 aromatic heterocycles. The van der Waals surface area contributed by atoms with Crippen molar-refractivity contribution in [3.63, 3.8) is 0 Å². The predicted octanol–water partition coefficient (Wildman–Crippen LogP) is -0.324. The van der Waals surface area contributed by atoms with E-state index in [-0.39, 0.29) is 25.2 Å². The summed E-state index contributed by atoms with van der Waals surface area (Å²) < 4.78 is 0. The highest BCUT2D eigenvalue weighted by Gasteiger charge is 2.33. The molecule has 1 aliphatic carbocycles. The highest BCUT2D eigenvalue weighted by atomic mass is 16.3. The van der Waals surface area contributed by atoms with Crippen LogP contribution in [0.4, 0.5) is 4.79 Å². The Morgan fingerprint density at radius 2 is 1.67 bits per heavy atom. The highest BCUT2D eigenvalue weighted by Crippen LogP contribution is 2.18. The molecule has 1 heterocycles. The summed E-state index contributed by atoms with van der Waals surface area (Å²) in [6.07, 6.45) is 2.86. The maximum atomic E-state index is 11.7. The van der Waals surface area contributed by atoms with Gasteiger partial charge < -0.3 is 20.4 Å². The van der Waals surface area contributed by atoms with Crippen LogP contribution in [0.1, 0.15) is 25.7 Å². The Kier molecular flexibility index (Phi) is 3.11. The molecular weight excluding hydrogens is 196 g/mol. The van der Waals surface area contributed by atoms with E-state index in [2.05, 4.69) is 5.32 Å². The van der Waals surface area contributed by atoms with E-state index >= 15 is 0 Å². The van der Waals surface area contributed by atoms with Gasteiger partial charge in [-0.05, 0) is 12.8 Å². The minimum atomic E-state index is -0.792. The molecule has 2 atom stereocenters. The van der Waals surface area contributed by atoms with E-state index < -0.39 is 12.2 Å². The third-order valence-electron chi connectivity index (χ3n) is 3.23. The summed E-state index contributed by atoms with van der Waals surface area (Å²) in [6.45, 7) is 0.472. The average Bonchev–Trinajstić information content (AvgIpc) is 2.78. The lowest BCUT2D eigenvalue weighted by atomic mass is 10.2. The van der Waals surface area contributed by atoms with Crippen LogP contribution < -0.4 is 5.32 Å². The van der Waals surface area contributed by atoms with Crippen LogP contribution >= 0.6 is 0 Å². The first-order valence-electron chi connectivity index (χ1n) is 5.58. The number of rotatable bonds is 1. The van der Waals surface area contributed by atoms with Crippen LogP contribution in [0.25, 0.3) is 0 Å². The van der Waals surface area contributed by atoms with Gasteiger partial charge in [0.15, 0.2) is 0 Å². The van der Waals surface area contributed by atoms with Crippen LogP contribution in [0, 0.1) is 0 Å². The number of carbonyl (C=O) groups is 1. The Labute approximate surface area is 89.1 Å². The smallest absolute Gasteiger partial charge is 0.317 e.